The predicted octanol–water partition coefficient (Wildman–Crippen LogP) is 0.117. The summed E-state index contributed by atoms with van der Waals surface area (Å²) in [6.07, 6.45) is 1.40. The number of aliphatic carboxylic acids is 2. The molecule has 5 unspecified atom stereocenters. The summed E-state index contributed by atoms with van der Waals surface area (Å²) in [6, 6.07) is 2.35. The van der Waals surface area contributed by atoms with E-state index < -0.39 is 60.2 Å². The highest BCUT2D eigenvalue weighted by atomic mass is 16.4. The fraction of sp³-hybridized carbons (Fsp3) is 0.458. The number of para-hydroxylation sites is 1. The van der Waals surface area contributed by atoms with Gasteiger partial charge in [0.15, 0.2) is 0 Å². The average molecular weight is 504 g/mol. The van der Waals surface area contributed by atoms with Crippen LogP contribution in [0.5, 0.6) is 0 Å². The normalized spacial score (nSPS) is 15.2. The van der Waals surface area contributed by atoms with Gasteiger partial charge in [0.1, 0.15) is 18.1 Å². The number of rotatable bonds is 13. The third kappa shape index (κ3) is 7.54. The molecule has 1 heterocycles. The zero-order chi connectivity index (χ0) is 27.0. The maximum absolute atomic E-state index is 13.2. The van der Waals surface area contributed by atoms with Crippen LogP contribution in [0.1, 0.15) is 39.2 Å². The van der Waals surface area contributed by atoms with Gasteiger partial charge in [0, 0.05) is 23.5 Å². The summed E-state index contributed by atoms with van der Waals surface area (Å²) >= 11 is 0. The molecule has 2 rings (SSSR count). The summed E-state index contributed by atoms with van der Waals surface area (Å²) < 4.78 is 0. The Balaban J connectivity index is 2.35. The molecule has 8 N–H and O–H groups in total. The van der Waals surface area contributed by atoms with E-state index in [-0.39, 0.29) is 12.3 Å². The van der Waals surface area contributed by atoms with Crippen LogP contribution < -0.4 is 21.7 Å². The summed E-state index contributed by atoms with van der Waals surface area (Å²) in [4.78, 5) is 64.4. The number of benzene rings is 1. The highest BCUT2D eigenvalue weighted by molar-refractivity contribution is 5.96. The first-order chi connectivity index (χ1) is 16.9. The van der Waals surface area contributed by atoms with Crippen LogP contribution in [0.3, 0.4) is 0 Å². The van der Waals surface area contributed by atoms with E-state index in [1.807, 2.05) is 24.3 Å². The largest absolute Gasteiger partial charge is 0.481 e. The van der Waals surface area contributed by atoms with Crippen molar-refractivity contribution in [3.05, 3.63) is 36.0 Å². The van der Waals surface area contributed by atoms with Gasteiger partial charge < -0.3 is 36.9 Å². The Labute approximate surface area is 208 Å². The van der Waals surface area contributed by atoms with Crippen molar-refractivity contribution in [2.75, 3.05) is 0 Å². The molecular formula is C24H33N5O7. The Morgan fingerprint density at radius 1 is 0.944 bits per heavy atom. The Bertz CT molecular complexity index is 1110. The molecule has 0 saturated carbocycles. The monoisotopic (exact) mass is 503 g/mol. The molecule has 0 aliphatic heterocycles. The van der Waals surface area contributed by atoms with Gasteiger partial charge in [-0.25, -0.2) is 4.79 Å². The van der Waals surface area contributed by atoms with Crippen molar-refractivity contribution in [3.63, 3.8) is 0 Å². The van der Waals surface area contributed by atoms with E-state index in [0.29, 0.717) is 12.0 Å². The number of fused-ring (bicyclic) bond motifs is 1. The van der Waals surface area contributed by atoms with Gasteiger partial charge in [0.05, 0.1) is 12.5 Å². The van der Waals surface area contributed by atoms with Crippen LogP contribution in [0.15, 0.2) is 30.5 Å². The van der Waals surface area contributed by atoms with Gasteiger partial charge in [-0.05, 0) is 24.5 Å². The van der Waals surface area contributed by atoms with Crippen molar-refractivity contribution in [1.82, 2.24) is 20.9 Å². The van der Waals surface area contributed by atoms with E-state index in [9.17, 15) is 34.2 Å². The Morgan fingerprint density at radius 2 is 1.56 bits per heavy atom. The maximum Gasteiger partial charge on any atom is 0.326 e. The minimum absolute atomic E-state index is 0.0184. The van der Waals surface area contributed by atoms with Crippen molar-refractivity contribution in [1.29, 1.82) is 0 Å². The minimum atomic E-state index is -1.50. The van der Waals surface area contributed by atoms with Gasteiger partial charge in [-0.1, -0.05) is 38.5 Å². The zero-order valence-corrected chi connectivity index (χ0v) is 20.4. The molecule has 0 radical (unpaired) electrons. The zero-order valence-electron chi connectivity index (χ0n) is 20.4. The number of aromatic nitrogens is 1. The Hall–Kier alpha value is -3.93. The first-order valence-electron chi connectivity index (χ1n) is 11.6. The number of carbonyl (C=O) groups is 5. The molecular weight excluding hydrogens is 470 g/mol. The number of nitrogens with two attached hydrogens (primary N) is 1. The summed E-state index contributed by atoms with van der Waals surface area (Å²) in [5.41, 5.74) is 6.99. The highest BCUT2D eigenvalue weighted by Crippen LogP contribution is 2.19. The molecule has 0 bridgehead atoms. The van der Waals surface area contributed by atoms with E-state index in [2.05, 4.69) is 20.9 Å². The van der Waals surface area contributed by atoms with Crippen LogP contribution in [0.2, 0.25) is 0 Å². The quantitative estimate of drug-likeness (QED) is 0.199. The van der Waals surface area contributed by atoms with Crippen LogP contribution in [-0.2, 0) is 30.4 Å². The molecule has 1 aromatic carbocycles. The molecule has 12 nitrogen and oxygen atoms in total. The standard InChI is InChI=1S/C24H33N5O7/c1-4-12(2)20(24(35)36)29-23(34)17(9-14-11-26-16-8-6-5-7-15(14)16)28-22(33)18(10-19(30)31)27-21(32)13(3)25/h5-8,11-13,17-18,20,26H,4,9-10,25H2,1-3H3,(H,27,32)(H,28,33)(H,29,34)(H,30,31)(H,35,36). The van der Waals surface area contributed by atoms with E-state index in [0.717, 1.165) is 10.9 Å². The third-order valence-electron chi connectivity index (χ3n) is 5.93. The second-order valence-corrected chi connectivity index (χ2v) is 8.78. The number of carboxylic acid groups (broad SMARTS) is 2. The lowest BCUT2D eigenvalue weighted by molar-refractivity contribution is -0.144. The number of amides is 3. The molecule has 0 aliphatic carbocycles. The number of nitrogens with one attached hydrogen (secondary N) is 4. The average Bonchev–Trinajstić information content (AvgIpc) is 3.23. The van der Waals surface area contributed by atoms with Crippen LogP contribution >= 0.6 is 0 Å². The van der Waals surface area contributed by atoms with E-state index in [1.54, 1.807) is 20.0 Å². The molecule has 0 spiro atoms. The molecule has 12 heteroatoms. The second-order valence-electron chi connectivity index (χ2n) is 8.78. The van der Waals surface area contributed by atoms with Crippen molar-refractivity contribution in [2.24, 2.45) is 11.7 Å². The number of hydrogen-bond donors (Lipinski definition) is 7. The Morgan fingerprint density at radius 3 is 2.14 bits per heavy atom. The van der Waals surface area contributed by atoms with Crippen LogP contribution in [-0.4, -0.2) is 69.0 Å². The molecule has 3 amide bonds. The van der Waals surface area contributed by atoms with Gasteiger partial charge in [-0.3, -0.25) is 19.2 Å². The number of aromatic amines is 1. The molecule has 0 saturated heterocycles. The van der Waals surface area contributed by atoms with Gasteiger partial charge in [-0.2, -0.15) is 0 Å². The van der Waals surface area contributed by atoms with Crippen LogP contribution in [0.4, 0.5) is 0 Å². The van der Waals surface area contributed by atoms with Gasteiger partial charge >= 0.3 is 11.9 Å². The number of carbonyl (C=O) groups excluding carboxylic acids is 3. The molecule has 0 aliphatic rings. The lowest BCUT2D eigenvalue weighted by Crippen LogP contribution is -2.58. The topological polar surface area (TPSA) is 204 Å². The summed E-state index contributed by atoms with van der Waals surface area (Å²) in [5.74, 6) is -5.36. The fourth-order valence-electron chi connectivity index (χ4n) is 3.63. The lowest BCUT2D eigenvalue weighted by atomic mass is 9.98. The lowest BCUT2D eigenvalue weighted by Gasteiger charge is -2.26. The van der Waals surface area contributed by atoms with E-state index >= 15 is 0 Å². The van der Waals surface area contributed by atoms with Crippen molar-refractivity contribution >= 4 is 40.6 Å². The van der Waals surface area contributed by atoms with Gasteiger partial charge in [0.25, 0.3) is 0 Å². The smallest absolute Gasteiger partial charge is 0.326 e. The number of hydrogen-bond acceptors (Lipinski definition) is 6. The third-order valence-corrected chi connectivity index (χ3v) is 5.93. The van der Waals surface area contributed by atoms with Crippen molar-refractivity contribution < 1.29 is 34.2 Å². The second kappa shape index (κ2) is 12.7. The molecule has 36 heavy (non-hydrogen) atoms. The van der Waals surface area contributed by atoms with E-state index in [1.165, 1.54) is 6.92 Å². The molecule has 1 aromatic heterocycles. The predicted molar refractivity (Wildman–Crippen MR) is 131 cm³/mol. The first kappa shape index (κ1) is 28.3. The number of H-pyrrole nitrogens is 1. The van der Waals surface area contributed by atoms with Crippen LogP contribution in [0.25, 0.3) is 10.9 Å². The van der Waals surface area contributed by atoms with Crippen molar-refractivity contribution in [3.8, 4) is 0 Å². The molecule has 0 fully saturated rings. The SMILES string of the molecule is CCC(C)C(NC(=O)C(Cc1c[nH]c2ccccc12)NC(=O)C(CC(=O)O)NC(=O)C(C)N)C(=O)O. The van der Waals surface area contributed by atoms with Gasteiger partial charge in [-0.15, -0.1) is 0 Å². The minimum Gasteiger partial charge on any atom is -0.481 e. The number of carboxylic acids is 2. The van der Waals surface area contributed by atoms with Crippen LogP contribution in [0, 0.1) is 5.92 Å². The first-order valence-corrected chi connectivity index (χ1v) is 11.6. The summed E-state index contributed by atoms with van der Waals surface area (Å²) in [7, 11) is 0. The molecule has 2 aromatic rings. The van der Waals surface area contributed by atoms with Crippen molar-refractivity contribution in [2.45, 2.75) is 64.2 Å². The van der Waals surface area contributed by atoms with Gasteiger partial charge in [0.2, 0.25) is 17.7 Å². The summed E-state index contributed by atoms with van der Waals surface area (Å²) in [5, 5.41) is 26.9. The fourth-order valence-corrected chi connectivity index (χ4v) is 3.63. The molecule has 5 atom stereocenters. The Kier molecular flexibility index (Phi) is 9.97. The van der Waals surface area contributed by atoms with E-state index in [4.69, 9.17) is 5.73 Å². The maximum atomic E-state index is 13.2. The summed E-state index contributed by atoms with van der Waals surface area (Å²) in [6.45, 7) is 4.84. The molecule has 196 valence electrons. The highest BCUT2D eigenvalue weighted by Gasteiger charge is 2.33.